The van der Waals surface area contributed by atoms with Crippen LogP contribution in [0.5, 0.6) is 0 Å². The normalized spacial score (nSPS) is 12.4. The lowest BCUT2D eigenvalue weighted by Gasteiger charge is -1.85. The molecule has 0 bridgehead atoms. The molecule has 0 radical (unpaired) electrons. The smallest absolute Gasteiger partial charge is 0.0355 e. The monoisotopic (exact) mass is 230 g/mol. The van der Waals surface area contributed by atoms with E-state index in [1.165, 1.54) is 19.8 Å². The maximum absolute atomic E-state index is 3.75. The highest BCUT2D eigenvalue weighted by Gasteiger charge is 1.97. The van der Waals surface area contributed by atoms with E-state index in [2.05, 4.69) is 49.9 Å². The Morgan fingerprint density at radius 1 is 1.19 bits per heavy atom. The Morgan fingerprint density at radius 3 is 2.50 bits per heavy atom. The third-order valence-electron chi connectivity index (χ3n) is 2.21. The van der Waals surface area contributed by atoms with Gasteiger partial charge >= 0.3 is 0 Å². The summed E-state index contributed by atoms with van der Waals surface area (Å²) in [6.07, 6.45) is 6.08. The summed E-state index contributed by atoms with van der Waals surface area (Å²) >= 11 is 1.83. The maximum atomic E-state index is 3.75. The van der Waals surface area contributed by atoms with Crippen molar-refractivity contribution in [3.8, 4) is 0 Å². The Hall–Kier alpha value is -1.34. The zero-order chi connectivity index (χ0) is 12.0. The van der Waals surface area contributed by atoms with Gasteiger partial charge in [0, 0.05) is 14.6 Å². The van der Waals surface area contributed by atoms with Gasteiger partial charge in [-0.05, 0) is 18.2 Å². The molecule has 0 spiro atoms. The van der Waals surface area contributed by atoms with Crippen molar-refractivity contribution in [1.29, 1.82) is 0 Å². The zero-order valence-electron chi connectivity index (χ0n) is 10.2. The molecular formula is C15H18S. The average molecular weight is 230 g/mol. The summed E-state index contributed by atoms with van der Waals surface area (Å²) in [7, 11) is 0. The van der Waals surface area contributed by atoms with Crippen LogP contribution < -0.4 is 9.75 Å². The fourth-order valence-electron chi connectivity index (χ4n) is 1.59. The van der Waals surface area contributed by atoms with Gasteiger partial charge in [0.2, 0.25) is 0 Å². The molecule has 0 N–H and O–H groups in total. The van der Waals surface area contributed by atoms with Crippen LogP contribution in [-0.4, -0.2) is 0 Å². The predicted octanol–water partition coefficient (Wildman–Crippen LogP) is 3.69. The first-order valence-electron chi connectivity index (χ1n) is 5.63. The van der Waals surface area contributed by atoms with Gasteiger partial charge < -0.3 is 0 Å². The van der Waals surface area contributed by atoms with Crippen LogP contribution in [-0.2, 0) is 0 Å². The van der Waals surface area contributed by atoms with Gasteiger partial charge in [-0.3, -0.25) is 0 Å². The highest BCUT2D eigenvalue weighted by molar-refractivity contribution is 7.17. The lowest BCUT2D eigenvalue weighted by atomic mass is 10.2. The van der Waals surface area contributed by atoms with E-state index in [1.807, 2.05) is 31.3 Å². The van der Waals surface area contributed by atoms with Crippen molar-refractivity contribution in [1.82, 2.24) is 0 Å². The van der Waals surface area contributed by atoms with Crippen LogP contribution >= 0.6 is 11.3 Å². The molecule has 0 nitrogen and oxygen atoms in total. The molecule has 0 aliphatic carbocycles. The van der Waals surface area contributed by atoms with E-state index >= 15 is 0 Å². The summed E-state index contributed by atoms with van der Waals surface area (Å²) in [5.41, 5.74) is 0. The molecule has 2 aromatic rings. The Balaban J connectivity index is 0.000000606. The highest BCUT2D eigenvalue weighted by atomic mass is 32.1. The lowest BCUT2D eigenvalue weighted by molar-refractivity contribution is 1.50. The van der Waals surface area contributed by atoms with Crippen molar-refractivity contribution in [3.05, 3.63) is 46.7 Å². The number of benzene rings is 1. The van der Waals surface area contributed by atoms with Crippen molar-refractivity contribution in [2.24, 2.45) is 0 Å². The Bertz CT molecular complexity index is 573. The van der Waals surface area contributed by atoms with E-state index in [-0.39, 0.29) is 0 Å². The van der Waals surface area contributed by atoms with Gasteiger partial charge in [-0.15, -0.1) is 11.3 Å². The average Bonchev–Trinajstić information content (AvgIpc) is 2.71. The quantitative estimate of drug-likeness (QED) is 0.701. The van der Waals surface area contributed by atoms with E-state index in [4.69, 9.17) is 0 Å². The minimum atomic E-state index is 1.29. The summed E-state index contributed by atoms with van der Waals surface area (Å²) in [5.74, 6) is 0. The first-order chi connectivity index (χ1) is 7.86. The molecule has 1 heteroatoms. The maximum Gasteiger partial charge on any atom is 0.0355 e. The lowest BCUT2D eigenvalue weighted by Crippen LogP contribution is -2.17. The molecule has 1 aromatic carbocycles. The van der Waals surface area contributed by atoms with Gasteiger partial charge in [0.15, 0.2) is 0 Å². The van der Waals surface area contributed by atoms with E-state index in [0.717, 1.165) is 0 Å². The minimum absolute atomic E-state index is 1.29. The first-order valence-corrected chi connectivity index (χ1v) is 6.45. The number of fused-ring (bicyclic) bond motifs is 1. The number of hydrogen-bond donors (Lipinski definition) is 0. The Labute approximate surface area is 101 Å². The van der Waals surface area contributed by atoms with Crippen LogP contribution in [0.2, 0.25) is 0 Å². The summed E-state index contributed by atoms with van der Waals surface area (Å²) in [6.45, 7) is 9.83. The third-order valence-corrected chi connectivity index (χ3v) is 3.46. The molecule has 0 aliphatic rings. The van der Waals surface area contributed by atoms with Crippen LogP contribution in [0.1, 0.15) is 20.8 Å². The minimum Gasteiger partial charge on any atom is -0.136 e. The summed E-state index contributed by atoms with van der Waals surface area (Å²) in [5, 5.41) is 2.62. The SMILES string of the molecule is C=C/C=c1\c(=C/C)sc2ccccc12.CC. The molecule has 0 saturated carbocycles. The second-order valence-corrected chi connectivity index (χ2v) is 4.15. The van der Waals surface area contributed by atoms with Crippen molar-refractivity contribution < 1.29 is 0 Å². The van der Waals surface area contributed by atoms with E-state index in [0.29, 0.717) is 0 Å². The van der Waals surface area contributed by atoms with E-state index < -0.39 is 0 Å². The number of allylic oxidation sites excluding steroid dienone is 1. The molecule has 1 aromatic heterocycles. The molecule has 1 heterocycles. The van der Waals surface area contributed by atoms with Crippen LogP contribution in [0.15, 0.2) is 36.9 Å². The Kier molecular flexibility index (Phi) is 5.00. The van der Waals surface area contributed by atoms with Gasteiger partial charge in [-0.1, -0.05) is 56.9 Å². The summed E-state index contributed by atoms with van der Waals surface area (Å²) < 4.78 is 2.67. The summed E-state index contributed by atoms with van der Waals surface area (Å²) in [6, 6.07) is 8.48. The largest absolute Gasteiger partial charge is 0.136 e. The zero-order valence-corrected chi connectivity index (χ0v) is 11.0. The fraction of sp³-hybridized carbons (Fsp3) is 0.200. The fourth-order valence-corrected chi connectivity index (χ4v) is 2.67. The van der Waals surface area contributed by atoms with Crippen molar-refractivity contribution in [2.75, 3.05) is 0 Å². The van der Waals surface area contributed by atoms with E-state index in [1.54, 1.807) is 0 Å². The topological polar surface area (TPSA) is 0 Å². The number of thiophene rings is 1. The van der Waals surface area contributed by atoms with Gasteiger partial charge in [-0.25, -0.2) is 0 Å². The third kappa shape index (κ3) is 2.42. The molecule has 0 aliphatic heterocycles. The molecule has 0 fully saturated rings. The molecular weight excluding hydrogens is 212 g/mol. The first kappa shape index (κ1) is 12.7. The van der Waals surface area contributed by atoms with Crippen molar-refractivity contribution in [3.63, 3.8) is 0 Å². The summed E-state index contributed by atoms with van der Waals surface area (Å²) in [4.78, 5) is 0. The predicted molar refractivity (Wildman–Crippen MR) is 77.2 cm³/mol. The molecule has 2 rings (SSSR count). The van der Waals surface area contributed by atoms with Gasteiger partial charge in [-0.2, -0.15) is 0 Å². The number of rotatable bonds is 1. The van der Waals surface area contributed by atoms with Gasteiger partial charge in [0.25, 0.3) is 0 Å². The van der Waals surface area contributed by atoms with Crippen LogP contribution in [0.4, 0.5) is 0 Å². The molecule has 0 saturated heterocycles. The van der Waals surface area contributed by atoms with Crippen LogP contribution in [0.25, 0.3) is 22.2 Å². The van der Waals surface area contributed by atoms with Crippen LogP contribution in [0, 0.1) is 0 Å². The van der Waals surface area contributed by atoms with Crippen LogP contribution in [0.3, 0.4) is 0 Å². The van der Waals surface area contributed by atoms with Crippen molar-refractivity contribution >= 4 is 33.6 Å². The van der Waals surface area contributed by atoms with Gasteiger partial charge in [0.05, 0.1) is 0 Å². The Morgan fingerprint density at radius 2 is 1.88 bits per heavy atom. The molecule has 84 valence electrons. The second-order valence-electron chi connectivity index (χ2n) is 3.07. The van der Waals surface area contributed by atoms with Crippen molar-refractivity contribution in [2.45, 2.75) is 20.8 Å². The molecule has 16 heavy (non-hydrogen) atoms. The number of hydrogen-bond acceptors (Lipinski definition) is 1. The molecule has 0 atom stereocenters. The van der Waals surface area contributed by atoms with E-state index in [9.17, 15) is 0 Å². The standard InChI is InChI=1S/C13H12S.C2H6/c1-3-7-10-11-8-5-6-9-13(11)14-12(10)4-2;1-2/h3-9H,1H2,2H3;1-2H3/b10-7-,12-4+;. The molecule has 0 unspecified atom stereocenters. The molecule has 0 amide bonds. The second kappa shape index (κ2) is 6.29. The van der Waals surface area contributed by atoms with Gasteiger partial charge in [0.1, 0.15) is 0 Å². The highest BCUT2D eigenvalue weighted by Crippen LogP contribution is 2.11.